The van der Waals surface area contributed by atoms with Crippen molar-refractivity contribution in [2.45, 2.75) is 25.6 Å². The summed E-state index contributed by atoms with van der Waals surface area (Å²) in [4.78, 5) is 20.4. The summed E-state index contributed by atoms with van der Waals surface area (Å²) in [5, 5.41) is 9.17. The van der Waals surface area contributed by atoms with E-state index in [0.29, 0.717) is 18.8 Å². The van der Waals surface area contributed by atoms with Gasteiger partial charge in [0, 0.05) is 13.1 Å². The lowest BCUT2D eigenvalue weighted by Crippen LogP contribution is -2.55. The van der Waals surface area contributed by atoms with E-state index in [1.165, 1.54) is 12.5 Å². The highest BCUT2D eigenvalue weighted by Gasteiger charge is 2.35. The fraction of sp³-hybridized carbons (Fsp3) is 0.636. The molecule has 1 saturated heterocycles. The van der Waals surface area contributed by atoms with Crippen LogP contribution in [0.5, 0.6) is 0 Å². The molecule has 2 heterocycles. The SMILES string of the molecule is CC1(C)CN(C(=O)c2cnc[nH]2)CC(CO)O1. The van der Waals surface area contributed by atoms with Crippen molar-refractivity contribution in [3.8, 4) is 0 Å². The summed E-state index contributed by atoms with van der Waals surface area (Å²) in [6, 6.07) is 0. The number of imidazole rings is 1. The number of carbonyl (C=O) groups is 1. The number of nitrogens with zero attached hydrogens (tertiary/aromatic N) is 2. The van der Waals surface area contributed by atoms with Gasteiger partial charge in [0.25, 0.3) is 5.91 Å². The summed E-state index contributed by atoms with van der Waals surface area (Å²) in [6.45, 7) is 4.62. The van der Waals surface area contributed by atoms with Crippen molar-refractivity contribution in [3.63, 3.8) is 0 Å². The first-order valence-electron chi connectivity index (χ1n) is 5.58. The molecule has 1 amide bonds. The number of H-pyrrole nitrogens is 1. The summed E-state index contributed by atoms with van der Waals surface area (Å²) >= 11 is 0. The zero-order valence-electron chi connectivity index (χ0n) is 10.0. The predicted molar refractivity (Wildman–Crippen MR) is 60.5 cm³/mol. The summed E-state index contributed by atoms with van der Waals surface area (Å²) in [6.07, 6.45) is 2.65. The Hall–Kier alpha value is -1.40. The molecule has 2 N–H and O–H groups in total. The summed E-state index contributed by atoms with van der Waals surface area (Å²) in [7, 11) is 0. The van der Waals surface area contributed by atoms with E-state index in [4.69, 9.17) is 4.74 Å². The molecule has 0 aliphatic carbocycles. The lowest BCUT2D eigenvalue weighted by molar-refractivity contribution is -0.139. The van der Waals surface area contributed by atoms with Gasteiger partial charge in [-0.2, -0.15) is 0 Å². The van der Waals surface area contributed by atoms with E-state index in [2.05, 4.69) is 9.97 Å². The molecule has 0 spiro atoms. The number of aliphatic hydroxyl groups is 1. The number of ether oxygens (including phenoxy) is 1. The molecule has 1 fully saturated rings. The molecule has 0 saturated carbocycles. The Balaban J connectivity index is 2.12. The van der Waals surface area contributed by atoms with Gasteiger partial charge < -0.3 is 19.7 Å². The molecular formula is C11H17N3O3. The zero-order valence-corrected chi connectivity index (χ0v) is 10.0. The summed E-state index contributed by atoms with van der Waals surface area (Å²) < 4.78 is 5.65. The minimum absolute atomic E-state index is 0.0871. The fourth-order valence-corrected chi connectivity index (χ4v) is 2.09. The van der Waals surface area contributed by atoms with Crippen molar-refractivity contribution in [1.29, 1.82) is 0 Å². The molecule has 1 aliphatic heterocycles. The quantitative estimate of drug-likeness (QED) is 0.762. The monoisotopic (exact) mass is 239 g/mol. The minimum atomic E-state index is -0.443. The first-order chi connectivity index (χ1) is 8.02. The third kappa shape index (κ3) is 2.65. The van der Waals surface area contributed by atoms with Crippen molar-refractivity contribution in [2.75, 3.05) is 19.7 Å². The molecular weight excluding hydrogens is 222 g/mol. The van der Waals surface area contributed by atoms with Crippen LogP contribution >= 0.6 is 0 Å². The number of hydrogen-bond donors (Lipinski definition) is 2. The van der Waals surface area contributed by atoms with Gasteiger partial charge in [-0.15, -0.1) is 0 Å². The molecule has 17 heavy (non-hydrogen) atoms. The van der Waals surface area contributed by atoms with Gasteiger partial charge >= 0.3 is 0 Å². The van der Waals surface area contributed by atoms with Crippen LogP contribution < -0.4 is 0 Å². The smallest absolute Gasteiger partial charge is 0.272 e. The van der Waals surface area contributed by atoms with Crippen molar-refractivity contribution in [1.82, 2.24) is 14.9 Å². The van der Waals surface area contributed by atoms with Gasteiger partial charge in [0.15, 0.2) is 0 Å². The van der Waals surface area contributed by atoms with Crippen LogP contribution in [0.3, 0.4) is 0 Å². The van der Waals surface area contributed by atoms with Crippen LogP contribution in [0.1, 0.15) is 24.3 Å². The maximum atomic E-state index is 12.1. The minimum Gasteiger partial charge on any atom is -0.394 e. The van der Waals surface area contributed by atoms with Gasteiger partial charge in [0.05, 0.1) is 30.8 Å². The van der Waals surface area contributed by atoms with Gasteiger partial charge in [-0.1, -0.05) is 0 Å². The second kappa shape index (κ2) is 4.46. The van der Waals surface area contributed by atoms with E-state index in [1.807, 2.05) is 13.8 Å². The predicted octanol–water partition coefficient (Wildman–Crippen LogP) is 0.0216. The molecule has 0 radical (unpaired) electrons. The number of nitrogens with one attached hydrogen (secondary N) is 1. The topological polar surface area (TPSA) is 78.5 Å². The lowest BCUT2D eigenvalue weighted by atomic mass is 10.0. The molecule has 6 heteroatoms. The van der Waals surface area contributed by atoms with E-state index in [0.717, 1.165) is 0 Å². The molecule has 2 rings (SSSR count). The van der Waals surface area contributed by atoms with E-state index in [9.17, 15) is 9.90 Å². The number of rotatable bonds is 2. The molecule has 1 unspecified atom stereocenters. The number of aliphatic hydroxyl groups excluding tert-OH is 1. The van der Waals surface area contributed by atoms with Crippen LogP contribution in [0, 0.1) is 0 Å². The molecule has 1 aromatic heterocycles. The molecule has 0 bridgehead atoms. The molecule has 94 valence electrons. The molecule has 1 aromatic rings. The highest BCUT2D eigenvalue weighted by molar-refractivity contribution is 5.92. The van der Waals surface area contributed by atoms with Crippen LogP contribution in [0.4, 0.5) is 0 Å². The van der Waals surface area contributed by atoms with Gasteiger partial charge in [-0.05, 0) is 13.8 Å². The third-order valence-electron chi connectivity index (χ3n) is 2.70. The van der Waals surface area contributed by atoms with E-state index in [1.54, 1.807) is 4.90 Å². The average molecular weight is 239 g/mol. The highest BCUT2D eigenvalue weighted by atomic mass is 16.5. The van der Waals surface area contributed by atoms with Gasteiger partial charge in [-0.3, -0.25) is 4.79 Å². The second-order valence-electron chi connectivity index (χ2n) is 4.83. The number of aromatic amines is 1. The molecule has 1 atom stereocenters. The maximum Gasteiger partial charge on any atom is 0.272 e. The van der Waals surface area contributed by atoms with Crippen molar-refractivity contribution < 1.29 is 14.6 Å². The number of hydrogen-bond acceptors (Lipinski definition) is 4. The third-order valence-corrected chi connectivity index (χ3v) is 2.70. The van der Waals surface area contributed by atoms with Crippen LogP contribution in [0.25, 0.3) is 0 Å². The Bertz CT molecular complexity index is 389. The van der Waals surface area contributed by atoms with Crippen molar-refractivity contribution >= 4 is 5.91 Å². The Morgan fingerprint density at radius 3 is 3.12 bits per heavy atom. The number of aromatic nitrogens is 2. The van der Waals surface area contributed by atoms with E-state index >= 15 is 0 Å². The first-order valence-corrected chi connectivity index (χ1v) is 5.58. The fourth-order valence-electron chi connectivity index (χ4n) is 2.09. The second-order valence-corrected chi connectivity index (χ2v) is 4.83. The Kier molecular flexibility index (Phi) is 3.17. The van der Waals surface area contributed by atoms with E-state index in [-0.39, 0.29) is 18.6 Å². The molecule has 6 nitrogen and oxygen atoms in total. The van der Waals surface area contributed by atoms with Crippen LogP contribution in [-0.2, 0) is 4.74 Å². The number of carbonyl (C=O) groups excluding carboxylic acids is 1. The number of amides is 1. The Labute approximate surface area is 99.6 Å². The van der Waals surface area contributed by atoms with Gasteiger partial charge in [0.2, 0.25) is 0 Å². The maximum absolute atomic E-state index is 12.1. The highest BCUT2D eigenvalue weighted by Crippen LogP contribution is 2.21. The number of morpholine rings is 1. The van der Waals surface area contributed by atoms with Crippen LogP contribution in [-0.4, -0.2) is 57.3 Å². The molecule has 0 aromatic carbocycles. The van der Waals surface area contributed by atoms with Crippen molar-refractivity contribution in [2.24, 2.45) is 0 Å². The van der Waals surface area contributed by atoms with Gasteiger partial charge in [0.1, 0.15) is 5.69 Å². The average Bonchev–Trinajstić information content (AvgIpc) is 2.79. The van der Waals surface area contributed by atoms with Crippen LogP contribution in [0.15, 0.2) is 12.5 Å². The van der Waals surface area contributed by atoms with Gasteiger partial charge in [-0.25, -0.2) is 4.98 Å². The van der Waals surface area contributed by atoms with Crippen molar-refractivity contribution in [3.05, 3.63) is 18.2 Å². The Morgan fingerprint density at radius 1 is 1.76 bits per heavy atom. The zero-order chi connectivity index (χ0) is 12.5. The largest absolute Gasteiger partial charge is 0.394 e. The van der Waals surface area contributed by atoms with E-state index < -0.39 is 5.60 Å². The normalized spacial score (nSPS) is 23.7. The van der Waals surface area contributed by atoms with Crippen LogP contribution in [0.2, 0.25) is 0 Å². The summed E-state index contributed by atoms with van der Waals surface area (Å²) in [5.41, 5.74) is 0.0146. The summed E-state index contributed by atoms with van der Waals surface area (Å²) in [5.74, 6) is -0.114. The lowest BCUT2D eigenvalue weighted by Gasteiger charge is -2.42. The molecule has 1 aliphatic rings. The standard InChI is InChI=1S/C11H17N3O3/c1-11(2)6-14(4-8(5-15)17-11)10(16)9-3-12-7-13-9/h3,7-8,15H,4-6H2,1-2H3,(H,12,13). The first kappa shape index (κ1) is 12.1. The Morgan fingerprint density at radius 2 is 2.53 bits per heavy atom.